The first kappa shape index (κ1) is 19.4. The molecule has 28 heavy (non-hydrogen) atoms. The summed E-state index contributed by atoms with van der Waals surface area (Å²) in [6.07, 6.45) is 2.17. The lowest BCUT2D eigenvalue weighted by Gasteiger charge is -2.08. The minimum atomic E-state index is -0.242. The van der Waals surface area contributed by atoms with E-state index in [1.165, 1.54) is 6.07 Å². The van der Waals surface area contributed by atoms with Gasteiger partial charge in [-0.05, 0) is 47.9 Å². The van der Waals surface area contributed by atoms with Gasteiger partial charge >= 0.3 is 0 Å². The summed E-state index contributed by atoms with van der Waals surface area (Å²) in [6, 6.07) is 17.7. The number of hydrogen-bond donors (Lipinski definition) is 2. The maximum absolute atomic E-state index is 13.6. The van der Waals surface area contributed by atoms with Crippen LogP contribution >= 0.6 is 0 Å². The van der Waals surface area contributed by atoms with Crippen molar-refractivity contribution in [2.24, 2.45) is 0 Å². The third kappa shape index (κ3) is 5.30. The van der Waals surface area contributed by atoms with Crippen molar-refractivity contribution >= 4 is 11.6 Å². The van der Waals surface area contributed by atoms with E-state index in [2.05, 4.69) is 15.6 Å². The fraction of sp³-hybridized carbons (Fsp3) is 0.182. The van der Waals surface area contributed by atoms with E-state index < -0.39 is 0 Å². The number of halogens is 1. The quantitative estimate of drug-likeness (QED) is 0.625. The van der Waals surface area contributed by atoms with Crippen LogP contribution in [0.15, 0.2) is 66.9 Å². The molecule has 5 nitrogen and oxygen atoms in total. The van der Waals surface area contributed by atoms with Crippen molar-refractivity contribution in [3.05, 3.63) is 89.5 Å². The summed E-state index contributed by atoms with van der Waals surface area (Å²) < 4.78 is 18.7. The number of hydrogen-bond acceptors (Lipinski definition) is 4. The number of carbonyl (C=O) groups excluding carboxylic acids is 1. The SMILES string of the molecule is COc1ccc(CNC(=O)c2ccc(NCCc3ccccc3F)cn2)cc1. The van der Waals surface area contributed by atoms with Crippen LogP contribution in [0.3, 0.4) is 0 Å². The predicted octanol–water partition coefficient (Wildman–Crippen LogP) is 3.81. The zero-order valence-corrected chi connectivity index (χ0v) is 15.6. The number of nitrogens with one attached hydrogen (secondary N) is 2. The normalized spacial score (nSPS) is 10.4. The van der Waals surface area contributed by atoms with Crippen LogP contribution in [0.25, 0.3) is 0 Å². The van der Waals surface area contributed by atoms with Gasteiger partial charge in [0.2, 0.25) is 0 Å². The van der Waals surface area contributed by atoms with E-state index in [0.717, 1.165) is 17.0 Å². The van der Waals surface area contributed by atoms with Gasteiger partial charge in [0.15, 0.2) is 0 Å². The maximum Gasteiger partial charge on any atom is 0.270 e. The van der Waals surface area contributed by atoms with Gasteiger partial charge in [-0.25, -0.2) is 9.37 Å². The lowest BCUT2D eigenvalue weighted by molar-refractivity contribution is 0.0946. The molecule has 2 aromatic carbocycles. The zero-order chi connectivity index (χ0) is 19.8. The van der Waals surface area contributed by atoms with Crippen LogP contribution in [0, 0.1) is 5.82 Å². The Bertz CT molecular complexity index is 912. The molecule has 0 fully saturated rings. The first-order valence-corrected chi connectivity index (χ1v) is 9.00. The Labute approximate surface area is 163 Å². The van der Waals surface area contributed by atoms with E-state index in [4.69, 9.17) is 4.74 Å². The van der Waals surface area contributed by atoms with E-state index in [-0.39, 0.29) is 11.7 Å². The van der Waals surface area contributed by atoms with Gasteiger partial charge in [-0.2, -0.15) is 0 Å². The number of anilines is 1. The van der Waals surface area contributed by atoms with Gasteiger partial charge in [-0.3, -0.25) is 4.79 Å². The Kier molecular flexibility index (Phi) is 6.57. The molecular formula is C22H22FN3O2. The summed E-state index contributed by atoms with van der Waals surface area (Å²) in [4.78, 5) is 16.4. The van der Waals surface area contributed by atoms with Crippen molar-refractivity contribution in [2.45, 2.75) is 13.0 Å². The molecule has 3 rings (SSSR count). The topological polar surface area (TPSA) is 63.2 Å². The number of rotatable bonds is 8. The highest BCUT2D eigenvalue weighted by Crippen LogP contribution is 2.12. The minimum absolute atomic E-state index is 0.202. The second-order valence-corrected chi connectivity index (χ2v) is 6.23. The molecule has 0 atom stereocenters. The van der Waals surface area contributed by atoms with E-state index in [1.54, 1.807) is 37.6 Å². The number of methoxy groups -OCH3 is 1. The number of nitrogens with zero attached hydrogens (tertiary/aromatic N) is 1. The highest BCUT2D eigenvalue weighted by molar-refractivity contribution is 5.92. The fourth-order valence-corrected chi connectivity index (χ4v) is 2.69. The van der Waals surface area contributed by atoms with Crippen molar-refractivity contribution in [2.75, 3.05) is 19.0 Å². The molecular weight excluding hydrogens is 357 g/mol. The summed E-state index contributed by atoms with van der Waals surface area (Å²) in [5.74, 6) is 0.329. The molecule has 0 saturated carbocycles. The summed E-state index contributed by atoms with van der Waals surface area (Å²) >= 11 is 0. The van der Waals surface area contributed by atoms with Gasteiger partial charge in [0.1, 0.15) is 17.3 Å². The van der Waals surface area contributed by atoms with Crippen LogP contribution in [0.5, 0.6) is 5.75 Å². The molecule has 1 amide bonds. The Morgan fingerprint density at radius 1 is 1.07 bits per heavy atom. The number of benzene rings is 2. The van der Waals surface area contributed by atoms with E-state index in [0.29, 0.717) is 30.8 Å². The van der Waals surface area contributed by atoms with Gasteiger partial charge < -0.3 is 15.4 Å². The lowest BCUT2D eigenvalue weighted by Crippen LogP contribution is -2.23. The zero-order valence-electron chi connectivity index (χ0n) is 15.6. The number of pyridine rings is 1. The largest absolute Gasteiger partial charge is 0.497 e. The van der Waals surface area contributed by atoms with Crippen LogP contribution in [-0.2, 0) is 13.0 Å². The molecule has 144 valence electrons. The van der Waals surface area contributed by atoms with Crippen molar-refractivity contribution < 1.29 is 13.9 Å². The van der Waals surface area contributed by atoms with Gasteiger partial charge in [0.05, 0.1) is 19.0 Å². The van der Waals surface area contributed by atoms with E-state index in [9.17, 15) is 9.18 Å². The summed E-state index contributed by atoms with van der Waals surface area (Å²) in [5, 5.41) is 6.02. The third-order valence-corrected chi connectivity index (χ3v) is 4.29. The fourth-order valence-electron chi connectivity index (χ4n) is 2.69. The molecule has 0 bridgehead atoms. The molecule has 0 saturated heterocycles. The molecule has 0 aliphatic heterocycles. The summed E-state index contributed by atoms with van der Waals surface area (Å²) in [6.45, 7) is 0.985. The first-order chi connectivity index (χ1) is 13.7. The van der Waals surface area contributed by atoms with Crippen molar-refractivity contribution in [3.63, 3.8) is 0 Å². The monoisotopic (exact) mass is 379 g/mol. The molecule has 0 unspecified atom stereocenters. The molecule has 0 aliphatic rings. The summed E-state index contributed by atoms with van der Waals surface area (Å²) in [5.41, 5.74) is 2.76. The number of aromatic nitrogens is 1. The maximum atomic E-state index is 13.6. The van der Waals surface area contributed by atoms with E-state index >= 15 is 0 Å². The van der Waals surface area contributed by atoms with Gasteiger partial charge in [-0.15, -0.1) is 0 Å². The van der Waals surface area contributed by atoms with Crippen molar-refractivity contribution in [1.82, 2.24) is 10.3 Å². The van der Waals surface area contributed by atoms with Crippen molar-refractivity contribution in [1.29, 1.82) is 0 Å². The Balaban J connectivity index is 1.47. The van der Waals surface area contributed by atoms with Crippen LogP contribution in [0.1, 0.15) is 21.6 Å². The average molecular weight is 379 g/mol. The third-order valence-electron chi connectivity index (χ3n) is 4.29. The van der Waals surface area contributed by atoms with Crippen LogP contribution in [-0.4, -0.2) is 24.5 Å². The molecule has 6 heteroatoms. The second kappa shape index (κ2) is 9.50. The lowest BCUT2D eigenvalue weighted by atomic mass is 10.1. The van der Waals surface area contributed by atoms with E-state index in [1.807, 2.05) is 30.3 Å². The first-order valence-electron chi connectivity index (χ1n) is 9.00. The predicted molar refractivity (Wildman–Crippen MR) is 107 cm³/mol. The van der Waals surface area contributed by atoms with Gasteiger partial charge in [0, 0.05) is 13.1 Å². The molecule has 3 aromatic rings. The second-order valence-electron chi connectivity index (χ2n) is 6.23. The van der Waals surface area contributed by atoms with Crippen LogP contribution in [0.2, 0.25) is 0 Å². The van der Waals surface area contributed by atoms with Gasteiger partial charge in [0.25, 0.3) is 5.91 Å². The van der Waals surface area contributed by atoms with Crippen LogP contribution < -0.4 is 15.4 Å². The molecule has 1 aromatic heterocycles. The molecule has 0 radical (unpaired) electrons. The summed E-state index contributed by atoms with van der Waals surface area (Å²) in [7, 11) is 1.61. The molecule has 0 aliphatic carbocycles. The minimum Gasteiger partial charge on any atom is -0.497 e. The Morgan fingerprint density at radius 3 is 2.54 bits per heavy atom. The smallest absolute Gasteiger partial charge is 0.270 e. The standard InChI is InChI=1S/C22H22FN3O2/c1-28-19-9-6-16(7-10-19)14-26-22(27)21-11-8-18(15-25-21)24-13-12-17-4-2-3-5-20(17)23/h2-11,15,24H,12-14H2,1H3,(H,26,27). The molecule has 0 spiro atoms. The number of carbonyl (C=O) groups is 1. The Morgan fingerprint density at radius 2 is 1.86 bits per heavy atom. The molecule has 2 N–H and O–H groups in total. The highest BCUT2D eigenvalue weighted by Gasteiger charge is 2.07. The van der Waals surface area contributed by atoms with Gasteiger partial charge in [-0.1, -0.05) is 30.3 Å². The van der Waals surface area contributed by atoms with Crippen molar-refractivity contribution in [3.8, 4) is 5.75 Å². The highest BCUT2D eigenvalue weighted by atomic mass is 19.1. The average Bonchev–Trinajstić information content (AvgIpc) is 2.74. The molecule has 1 heterocycles. The number of amides is 1. The number of ether oxygens (including phenoxy) is 1. The van der Waals surface area contributed by atoms with Crippen LogP contribution in [0.4, 0.5) is 10.1 Å². The Hall–Kier alpha value is -3.41.